The van der Waals surface area contributed by atoms with Crippen LogP contribution < -0.4 is 5.32 Å². The van der Waals surface area contributed by atoms with Gasteiger partial charge in [-0.3, -0.25) is 9.59 Å². The lowest BCUT2D eigenvalue weighted by Crippen LogP contribution is -2.47. The lowest BCUT2D eigenvalue weighted by atomic mass is 9.87. The summed E-state index contributed by atoms with van der Waals surface area (Å²) < 4.78 is 5.55. The van der Waals surface area contributed by atoms with E-state index >= 15 is 0 Å². The molecule has 1 aliphatic carbocycles. The van der Waals surface area contributed by atoms with Gasteiger partial charge < -0.3 is 20.1 Å². The van der Waals surface area contributed by atoms with E-state index in [1.54, 1.807) is 11.8 Å². The van der Waals surface area contributed by atoms with Crippen LogP contribution in [0.1, 0.15) is 43.7 Å². The maximum absolute atomic E-state index is 12.6. The van der Waals surface area contributed by atoms with Crippen LogP contribution >= 0.6 is 0 Å². The van der Waals surface area contributed by atoms with Crippen LogP contribution in [0.25, 0.3) is 11.1 Å². The molecule has 0 bridgehead atoms. The second-order valence-electron chi connectivity index (χ2n) is 9.13. The lowest BCUT2D eigenvalue weighted by molar-refractivity contribution is -0.148. The van der Waals surface area contributed by atoms with Gasteiger partial charge in [-0.1, -0.05) is 55.5 Å². The Labute approximate surface area is 193 Å². The van der Waals surface area contributed by atoms with Crippen LogP contribution in [0, 0.1) is 11.8 Å². The van der Waals surface area contributed by atoms with Crippen molar-refractivity contribution >= 4 is 18.0 Å². The Morgan fingerprint density at radius 1 is 1.09 bits per heavy atom. The highest BCUT2D eigenvalue weighted by Gasteiger charge is 2.33. The Bertz CT molecular complexity index is 1010. The third-order valence-electron chi connectivity index (χ3n) is 6.76. The number of nitrogens with one attached hydrogen (secondary N) is 1. The molecule has 2 aromatic carbocycles. The van der Waals surface area contributed by atoms with Crippen LogP contribution in [0.3, 0.4) is 0 Å². The van der Waals surface area contributed by atoms with Crippen molar-refractivity contribution in [3.63, 3.8) is 0 Å². The summed E-state index contributed by atoms with van der Waals surface area (Å²) in [5.41, 5.74) is 4.63. The number of carbonyl (C=O) groups excluding carboxylic acids is 2. The number of benzene rings is 2. The maximum atomic E-state index is 12.6. The molecule has 7 heteroatoms. The van der Waals surface area contributed by atoms with Crippen molar-refractivity contribution in [1.29, 1.82) is 0 Å². The number of ether oxygens (including phenoxy) is 1. The molecule has 0 radical (unpaired) electrons. The van der Waals surface area contributed by atoms with Crippen molar-refractivity contribution in [1.82, 2.24) is 10.2 Å². The number of alkyl carbamates (subject to hydrolysis) is 1. The molecule has 2 N–H and O–H groups in total. The summed E-state index contributed by atoms with van der Waals surface area (Å²) in [4.78, 5) is 38.0. The van der Waals surface area contributed by atoms with E-state index in [4.69, 9.17) is 4.74 Å². The molecule has 33 heavy (non-hydrogen) atoms. The molecule has 174 valence electrons. The highest BCUT2D eigenvalue weighted by Crippen LogP contribution is 2.44. The quantitative estimate of drug-likeness (QED) is 0.697. The number of hydrogen-bond donors (Lipinski definition) is 2. The van der Waals surface area contributed by atoms with Gasteiger partial charge in [0.2, 0.25) is 5.91 Å². The average molecular weight is 451 g/mol. The summed E-state index contributed by atoms with van der Waals surface area (Å²) in [6.45, 7) is 4.70. The molecule has 3 atom stereocenters. The minimum absolute atomic E-state index is 0.0166. The van der Waals surface area contributed by atoms with E-state index in [2.05, 4.69) is 29.6 Å². The first kappa shape index (κ1) is 22.8. The molecule has 1 heterocycles. The van der Waals surface area contributed by atoms with Gasteiger partial charge in [-0.2, -0.15) is 0 Å². The van der Waals surface area contributed by atoms with Crippen molar-refractivity contribution in [3.8, 4) is 11.1 Å². The van der Waals surface area contributed by atoms with Gasteiger partial charge in [0.05, 0.1) is 5.92 Å². The zero-order valence-electron chi connectivity index (χ0n) is 19.0. The molecule has 1 fully saturated rings. The predicted octanol–water partition coefficient (Wildman–Crippen LogP) is 3.87. The minimum atomic E-state index is -0.806. The molecule has 7 nitrogen and oxygen atoms in total. The SMILES string of the molecule is CC1CN(C(=O)C[C@H](C)NC(=O)OCC2c3ccccc3-c3ccccc32)CCC1C(=O)O. The van der Waals surface area contributed by atoms with Gasteiger partial charge in [-0.05, 0) is 41.5 Å². The largest absolute Gasteiger partial charge is 0.481 e. The van der Waals surface area contributed by atoms with E-state index in [-0.39, 0.29) is 36.8 Å². The van der Waals surface area contributed by atoms with Crippen LogP contribution in [0.4, 0.5) is 4.79 Å². The van der Waals surface area contributed by atoms with Gasteiger partial charge in [0.1, 0.15) is 6.61 Å². The minimum Gasteiger partial charge on any atom is -0.481 e. The molecule has 0 aromatic heterocycles. The number of amides is 2. The van der Waals surface area contributed by atoms with E-state index in [1.807, 2.05) is 31.2 Å². The summed E-state index contributed by atoms with van der Waals surface area (Å²) >= 11 is 0. The predicted molar refractivity (Wildman–Crippen MR) is 124 cm³/mol. The number of aliphatic carboxylic acids is 1. The fourth-order valence-electron chi connectivity index (χ4n) is 5.02. The summed E-state index contributed by atoms with van der Waals surface area (Å²) in [6, 6.07) is 15.9. The number of carbonyl (C=O) groups is 3. The number of hydrogen-bond acceptors (Lipinski definition) is 4. The number of fused-ring (bicyclic) bond motifs is 3. The summed E-state index contributed by atoms with van der Waals surface area (Å²) in [7, 11) is 0. The summed E-state index contributed by atoms with van der Waals surface area (Å²) in [6.07, 6.45) is 0.0561. The maximum Gasteiger partial charge on any atom is 0.407 e. The Morgan fingerprint density at radius 2 is 1.70 bits per heavy atom. The van der Waals surface area contributed by atoms with Crippen molar-refractivity contribution in [2.45, 2.75) is 38.6 Å². The van der Waals surface area contributed by atoms with Crippen molar-refractivity contribution < 1.29 is 24.2 Å². The second-order valence-corrected chi connectivity index (χ2v) is 9.13. The van der Waals surface area contributed by atoms with Crippen molar-refractivity contribution in [2.75, 3.05) is 19.7 Å². The van der Waals surface area contributed by atoms with Gasteiger partial charge in [0.25, 0.3) is 0 Å². The van der Waals surface area contributed by atoms with Crippen molar-refractivity contribution in [2.24, 2.45) is 11.8 Å². The Morgan fingerprint density at radius 3 is 2.27 bits per heavy atom. The molecule has 2 aromatic rings. The number of carboxylic acid groups (broad SMARTS) is 1. The Kier molecular flexibility index (Phi) is 6.67. The normalized spacial score (nSPS) is 20.5. The van der Waals surface area contributed by atoms with Crippen LogP contribution in [0.2, 0.25) is 0 Å². The fourth-order valence-corrected chi connectivity index (χ4v) is 5.02. The molecule has 2 aliphatic rings. The lowest BCUT2D eigenvalue weighted by Gasteiger charge is -2.35. The molecule has 1 saturated heterocycles. The Balaban J connectivity index is 1.28. The van der Waals surface area contributed by atoms with E-state index in [9.17, 15) is 19.5 Å². The van der Waals surface area contributed by atoms with E-state index in [1.165, 1.54) is 11.1 Å². The van der Waals surface area contributed by atoms with E-state index in [0.717, 1.165) is 11.1 Å². The zero-order valence-corrected chi connectivity index (χ0v) is 19.0. The van der Waals surface area contributed by atoms with Crippen LogP contribution in [-0.2, 0) is 14.3 Å². The number of rotatable bonds is 6. The molecular weight excluding hydrogens is 420 g/mol. The van der Waals surface area contributed by atoms with Gasteiger partial charge in [0, 0.05) is 31.5 Å². The standard InChI is InChI=1S/C26H30N2O5/c1-16-14-28(12-11-18(16)25(30)31)24(29)13-17(2)27-26(32)33-15-23-21-9-5-3-7-19(21)20-8-4-6-10-22(20)23/h3-10,16-18,23H,11-15H2,1-2H3,(H,27,32)(H,30,31)/t16?,17-,18?/m0/s1. The third kappa shape index (κ3) is 4.87. The third-order valence-corrected chi connectivity index (χ3v) is 6.76. The molecule has 2 unspecified atom stereocenters. The van der Waals surface area contributed by atoms with Crippen LogP contribution in [0.15, 0.2) is 48.5 Å². The highest BCUT2D eigenvalue weighted by molar-refractivity contribution is 5.80. The first-order valence-corrected chi connectivity index (χ1v) is 11.5. The van der Waals surface area contributed by atoms with Gasteiger partial charge in [0.15, 0.2) is 0 Å². The average Bonchev–Trinajstić information content (AvgIpc) is 3.11. The van der Waals surface area contributed by atoms with Gasteiger partial charge in [-0.15, -0.1) is 0 Å². The van der Waals surface area contributed by atoms with Crippen LogP contribution in [-0.4, -0.2) is 53.7 Å². The summed E-state index contributed by atoms with van der Waals surface area (Å²) in [5, 5.41) is 12.0. The topological polar surface area (TPSA) is 95.9 Å². The Hall–Kier alpha value is -3.35. The van der Waals surface area contributed by atoms with Gasteiger partial charge in [-0.25, -0.2) is 4.79 Å². The molecule has 2 amide bonds. The van der Waals surface area contributed by atoms with Crippen molar-refractivity contribution in [3.05, 3.63) is 59.7 Å². The van der Waals surface area contributed by atoms with E-state index in [0.29, 0.717) is 19.5 Å². The number of nitrogens with zero attached hydrogens (tertiary/aromatic N) is 1. The smallest absolute Gasteiger partial charge is 0.407 e. The summed E-state index contributed by atoms with van der Waals surface area (Å²) in [5.74, 6) is -1.41. The molecule has 1 aliphatic heterocycles. The molecule has 0 spiro atoms. The molecule has 0 saturated carbocycles. The first-order chi connectivity index (χ1) is 15.8. The highest BCUT2D eigenvalue weighted by atomic mass is 16.5. The monoisotopic (exact) mass is 450 g/mol. The van der Waals surface area contributed by atoms with Gasteiger partial charge >= 0.3 is 12.1 Å². The number of likely N-dealkylation sites (tertiary alicyclic amines) is 1. The second kappa shape index (κ2) is 9.65. The number of piperidine rings is 1. The molecular formula is C26H30N2O5. The fraction of sp³-hybridized carbons (Fsp3) is 0.423. The van der Waals surface area contributed by atoms with E-state index < -0.39 is 18.0 Å². The molecule has 4 rings (SSSR count). The van der Waals surface area contributed by atoms with Crippen LogP contribution in [0.5, 0.6) is 0 Å². The first-order valence-electron chi connectivity index (χ1n) is 11.5. The number of carboxylic acids is 1. The zero-order chi connectivity index (χ0) is 23.5.